The molecule has 2 heterocycles. The van der Waals surface area contributed by atoms with Crippen molar-refractivity contribution in [3.05, 3.63) is 41.5 Å². The monoisotopic (exact) mass is 300 g/mol. The van der Waals surface area contributed by atoms with Crippen LogP contribution in [0.3, 0.4) is 0 Å². The predicted molar refractivity (Wildman–Crippen MR) is 87.6 cm³/mol. The minimum atomic E-state index is -0.159. The number of hydrogen-bond donors (Lipinski definition) is 0. The summed E-state index contributed by atoms with van der Waals surface area (Å²) in [6.07, 6.45) is 4.39. The van der Waals surface area contributed by atoms with E-state index in [-0.39, 0.29) is 6.09 Å². The van der Waals surface area contributed by atoms with E-state index in [2.05, 4.69) is 35.2 Å². The van der Waals surface area contributed by atoms with Gasteiger partial charge in [-0.25, -0.2) is 4.79 Å². The third-order valence-corrected chi connectivity index (χ3v) is 4.51. The van der Waals surface area contributed by atoms with Gasteiger partial charge in [-0.3, -0.25) is 4.90 Å². The maximum absolute atomic E-state index is 11.9. The molecule has 3 rings (SSSR count). The van der Waals surface area contributed by atoms with Gasteiger partial charge in [0.1, 0.15) is 0 Å². The molecule has 0 saturated carbocycles. The molecule has 22 heavy (non-hydrogen) atoms. The molecule has 0 aromatic heterocycles. The van der Waals surface area contributed by atoms with Crippen LogP contribution < -0.4 is 0 Å². The Labute approximate surface area is 132 Å². The number of rotatable bonds is 2. The number of amides is 1. The number of carbonyl (C=O) groups excluding carboxylic acids is 1. The Morgan fingerprint density at radius 3 is 2.91 bits per heavy atom. The minimum absolute atomic E-state index is 0.159. The van der Waals surface area contributed by atoms with Gasteiger partial charge in [0.15, 0.2) is 0 Å². The topological polar surface area (TPSA) is 32.8 Å². The van der Waals surface area contributed by atoms with Gasteiger partial charge in [0.05, 0.1) is 6.61 Å². The van der Waals surface area contributed by atoms with Crippen LogP contribution in [0, 0.1) is 0 Å². The largest absolute Gasteiger partial charge is 0.450 e. The number of benzene rings is 1. The summed E-state index contributed by atoms with van der Waals surface area (Å²) in [5, 5.41) is 0. The first-order valence-corrected chi connectivity index (χ1v) is 8.16. The number of nitrogens with zero attached hydrogens (tertiary/aromatic N) is 2. The first-order chi connectivity index (χ1) is 10.8. The molecule has 1 amide bonds. The Morgan fingerprint density at radius 1 is 1.32 bits per heavy atom. The van der Waals surface area contributed by atoms with E-state index in [1.54, 1.807) is 0 Å². The lowest BCUT2D eigenvalue weighted by Gasteiger charge is -2.44. The number of piperidine rings is 1. The second-order valence-electron chi connectivity index (χ2n) is 6.02. The molecule has 1 atom stereocenters. The highest BCUT2D eigenvalue weighted by molar-refractivity contribution is 5.67. The van der Waals surface area contributed by atoms with Crippen LogP contribution in [0.15, 0.2) is 35.9 Å². The lowest BCUT2D eigenvalue weighted by Crippen LogP contribution is -2.56. The van der Waals surface area contributed by atoms with Crippen molar-refractivity contribution in [2.75, 3.05) is 32.8 Å². The maximum Gasteiger partial charge on any atom is 0.409 e. The molecule has 4 heteroatoms. The summed E-state index contributed by atoms with van der Waals surface area (Å²) < 4.78 is 5.12. The summed E-state index contributed by atoms with van der Waals surface area (Å²) in [6, 6.07) is 11.0. The van der Waals surface area contributed by atoms with Gasteiger partial charge in [0.25, 0.3) is 0 Å². The highest BCUT2D eigenvalue weighted by Crippen LogP contribution is 2.26. The van der Waals surface area contributed by atoms with E-state index < -0.39 is 0 Å². The molecule has 1 aromatic carbocycles. The van der Waals surface area contributed by atoms with Crippen molar-refractivity contribution in [3.63, 3.8) is 0 Å². The Morgan fingerprint density at radius 2 is 2.14 bits per heavy atom. The van der Waals surface area contributed by atoms with Gasteiger partial charge in [0, 0.05) is 32.2 Å². The fourth-order valence-electron chi connectivity index (χ4n) is 3.35. The van der Waals surface area contributed by atoms with Gasteiger partial charge in [-0.2, -0.15) is 0 Å². The van der Waals surface area contributed by atoms with E-state index >= 15 is 0 Å². The van der Waals surface area contributed by atoms with Gasteiger partial charge in [-0.1, -0.05) is 42.0 Å². The molecule has 0 spiro atoms. The van der Waals surface area contributed by atoms with E-state index in [1.807, 2.05) is 17.9 Å². The normalized spacial score (nSPS) is 24.1. The van der Waals surface area contributed by atoms with Crippen molar-refractivity contribution >= 4 is 12.2 Å². The number of carbonyl (C=O) groups is 1. The van der Waals surface area contributed by atoms with Gasteiger partial charge >= 0.3 is 6.09 Å². The van der Waals surface area contributed by atoms with Crippen molar-refractivity contribution in [3.8, 4) is 0 Å². The van der Waals surface area contributed by atoms with Gasteiger partial charge in [-0.05, 0) is 25.3 Å². The maximum atomic E-state index is 11.9. The smallest absolute Gasteiger partial charge is 0.409 e. The van der Waals surface area contributed by atoms with Gasteiger partial charge in [-0.15, -0.1) is 0 Å². The zero-order valence-corrected chi connectivity index (χ0v) is 13.2. The summed E-state index contributed by atoms with van der Waals surface area (Å²) in [7, 11) is 0. The SMILES string of the molecule is CCOC(=O)N1CCN2C/C(=C/c3ccccc3)CCC2C1. The van der Waals surface area contributed by atoms with Crippen LogP contribution in [-0.2, 0) is 4.74 Å². The standard InChI is InChI=1S/C18H24N2O2/c1-2-22-18(21)20-11-10-19-13-16(8-9-17(19)14-20)12-15-6-4-3-5-7-15/h3-7,12,17H,2,8-11,13-14H2,1H3/b16-12+. The number of piperazine rings is 1. The zero-order valence-electron chi connectivity index (χ0n) is 13.2. The summed E-state index contributed by atoms with van der Waals surface area (Å²) in [5.74, 6) is 0. The summed E-state index contributed by atoms with van der Waals surface area (Å²) in [4.78, 5) is 16.2. The van der Waals surface area contributed by atoms with Crippen LogP contribution in [-0.4, -0.2) is 54.7 Å². The third-order valence-electron chi connectivity index (χ3n) is 4.51. The lowest BCUT2D eigenvalue weighted by atomic mass is 9.94. The van der Waals surface area contributed by atoms with E-state index in [0.29, 0.717) is 12.6 Å². The minimum Gasteiger partial charge on any atom is -0.450 e. The van der Waals surface area contributed by atoms with E-state index in [4.69, 9.17) is 4.74 Å². The van der Waals surface area contributed by atoms with Gasteiger partial charge < -0.3 is 9.64 Å². The van der Waals surface area contributed by atoms with Crippen molar-refractivity contribution in [1.82, 2.24) is 9.80 Å². The molecular formula is C18H24N2O2. The van der Waals surface area contributed by atoms with Gasteiger partial charge in [0.2, 0.25) is 0 Å². The van der Waals surface area contributed by atoms with E-state index in [1.165, 1.54) is 11.1 Å². The van der Waals surface area contributed by atoms with E-state index in [9.17, 15) is 4.79 Å². The van der Waals surface area contributed by atoms with Crippen LogP contribution in [0.1, 0.15) is 25.3 Å². The Hall–Kier alpha value is -1.81. The molecule has 2 aliphatic rings. The zero-order chi connectivity index (χ0) is 15.4. The van der Waals surface area contributed by atoms with Crippen LogP contribution >= 0.6 is 0 Å². The molecule has 0 N–H and O–H groups in total. The third kappa shape index (κ3) is 3.50. The molecule has 118 valence electrons. The average Bonchev–Trinajstić information content (AvgIpc) is 2.55. The molecule has 2 fully saturated rings. The lowest BCUT2D eigenvalue weighted by molar-refractivity contribution is 0.0471. The fraction of sp³-hybridized carbons (Fsp3) is 0.500. The number of fused-ring (bicyclic) bond motifs is 1. The highest BCUT2D eigenvalue weighted by atomic mass is 16.6. The second-order valence-corrected chi connectivity index (χ2v) is 6.02. The molecule has 0 bridgehead atoms. The quantitative estimate of drug-likeness (QED) is 0.841. The fourth-order valence-corrected chi connectivity index (χ4v) is 3.35. The van der Waals surface area contributed by atoms with Crippen LogP contribution in [0.25, 0.3) is 6.08 Å². The molecule has 0 radical (unpaired) electrons. The Bertz CT molecular complexity index is 541. The Kier molecular flexibility index (Phi) is 4.78. The summed E-state index contributed by atoms with van der Waals surface area (Å²) in [6.45, 7) is 5.85. The predicted octanol–water partition coefficient (Wildman–Crippen LogP) is 3.01. The van der Waals surface area contributed by atoms with Crippen LogP contribution in [0.2, 0.25) is 0 Å². The van der Waals surface area contributed by atoms with Crippen molar-refractivity contribution in [1.29, 1.82) is 0 Å². The summed E-state index contributed by atoms with van der Waals surface area (Å²) >= 11 is 0. The van der Waals surface area contributed by atoms with E-state index in [0.717, 1.165) is 39.0 Å². The highest BCUT2D eigenvalue weighted by Gasteiger charge is 2.32. The van der Waals surface area contributed by atoms with Crippen molar-refractivity contribution < 1.29 is 9.53 Å². The molecule has 2 saturated heterocycles. The first-order valence-electron chi connectivity index (χ1n) is 8.16. The molecule has 2 aliphatic heterocycles. The number of ether oxygens (including phenoxy) is 1. The molecular weight excluding hydrogens is 276 g/mol. The van der Waals surface area contributed by atoms with Crippen molar-refractivity contribution in [2.45, 2.75) is 25.8 Å². The average molecular weight is 300 g/mol. The van der Waals surface area contributed by atoms with Crippen LogP contribution in [0.4, 0.5) is 4.79 Å². The first kappa shape index (κ1) is 15.1. The molecule has 0 aliphatic carbocycles. The number of hydrogen-bond acceptors (Lipinski definition) is 3. The summed E-state index contributed by atoms with van der Waals surface area (Å²) in [5.41, 5.74) is 2.77. The Balaban J connectivity index is 1.60. The molecule has 4 nitrogen and oxygen atoms in total. The molecule has 1 aromatic rings. The van der Waals surface area contributed by atoms with Crippen LogP contribution in [0.5, 0.6) is 0 Å². The van der Waals surface area contributed by atoms with Crippen molar-refractivity contribution in [2.24, 2.45) is 0 Å². The second kappa shape index (κ2) is 6.97. The molecule has 1 unspecified atom stereocenters.